The van der Waals surface area contributed by atoms with Crippen molar-refractivity contribution in [3.8, 4) is 17.2 Å². The average molecular weight is 457 g/mol. The van der Waals surface area contributed by atoms with Gasteiger partial charge in [-0.15, -0.1) is 0 Å². The lowest BCUT2D eigenvalue weighted by Crippen LogP contribution is -2.43. The Balaban J connectivity index is 2.42. The minimum atomic E-state index is -0.877. The number of esters is 1. The SMILES string of the molecule is C=CCOC(=O)C1=C(C)Nc2c(c(=O)n(C)c(=O)n2C)[C@@H]1c1cc(OC)c(OC)c(OC)c1. The summed E-state index contributed by atoms with van der Waals surface area (Å²) in [4.78, 5) is 39.0. The maximum Gasteiger partial charge on any atom is 0.337 e. The van der Waals surface area contributed by atoms with Gasteiger partial charge in [0.05, 0.1) is 38.4 Å². The number of aromatic nitrogens is 2. The lowest BCUT2D eigenvalue weighted by molar-refractivity contribution is -0.138. The van der Waals surface area contributed by atoms with E-state index in [1.54, 1.807) is 26.1 Å². The van der Waals surface area contributed by atoms with Crippen LogP contribution in [0.5, 0.6) is 17.2 Å². The van der Waals surface area contributed by atoms with Crippen molar-refractivity contribution in [3.05, 3.63) is 68.0 Å². The molecule has 1 N–H and O–H groups in total. The van der Waals surface area contributed by atoms with E-state index in [2.05, 4.69) is 11.9 Å². The van der Waals surface area contributed by atoms with Crippen LogP contribution in [-0.2, 0) is 23.6 Å². The number of hydrogen-bond donors (Lipinski definition) is 1. The average Bonchev–Trinajstić information content (AvgIpc) is 2.82. The van der Waals surface area contributed by atoms with Crippen molar-refractivity contribution in [2.75, 3.05) is 33.3 Å². The van der Waals surface area contributed by atoms with Gasteiger partial charge in [0.15, 0.2) is 11.5 Å². The molecule has 0 saturated carbocycles. The fourth-order valence-corrected chi connectivity index (χ4v) is 3.97. The molecule has 1 atom stereocenters. The third kappa shape index (κ3) is 3.88. The van der Waals surface area contributed by atoms with Crippen molar-refractivity contribution < 1.29 is 23.7 Å². The first-order valence-electron chi connectivity index (χ1n) is 10.1. The normalized spacial score (nSPS) is 14.8. The summed E-state index contributed by atoms with van der Waals surface area (Å²) in [5, 5.41) is 3.04. The second-order valence-corrected chi connectivity index (χ2v) is 7.41. The molecule has 1 aromatic heterocycles. The van der Waals surface area contributed by atoms with Crippen LogP contribution >= 0.6 is 0 Å². The third-order valence-electron chi connectivity index (χ3n) is 5.56. The molecule has 3 rings (SSSR count). The van der Waals surface area contributed by atoms with E-state index < -0.39 is 23.1 Å². The van der Waals surface area contributed by atoms with Crippen LogP contribution in [-0.4, -0.2) is 43.0 Å². The highest BCUT2D eigenvalue weighted by Crippen LogP contribution is 2.46. The Morgan fingerprint density at radius 3 is 2.21 bits per heavy atom. The number of nitrogens with one attached hydrogen (secondary N) is 1. The molecule has 0 aliphatic carbocycles. The van der Waals surface area contributed by atoms with Crippen molar-refractivity contribution in [1.29, 1.82) is 0 Å². The molecule has 176 valence electrons. The smallest absolute Gasteiger partial charge is 0.337 e. The van der Waals surface area contributed by atoms with Crippen molar-refractivity contribution in [3.63, 3.8) is 0 Å². The van der Waals surface area contributed by atoms with Crippen molar-refractivity contribution in [1.82, 2.24) is 9.13 Å². The van der Waals surface area contributed by atoms with Gasteiger partial charge in [-0.25, -0.2) is 9.59 Å². The summed E-state index contributed by atoms with van der Waals surface area (Å²) in [6.07, 6.45) is 1.45. The Morgan fingerprint density at radius 2 is 1.70 bits per heavy atom. The number of nitrogens with zero attached hydrogens (tertiary/aromatic N) is 2. The summed E-state index contributed by atoms with van der Waals surface area (Å²) >= 11 is 0. The van der Waals surface area contributed by atoms with Crippen LogP contribution in [0.3, 0.4) is 0 Å². The molecule has 0 amide bonds. The maximum absolute atomic E-state index is 13.3. The molecular weight excluding hydrogens is 430 g/mol. The topological polar surface area (TPSA) is 110 Å². The number of fused-ring (bicyclic) bond motifs is 1. The molecule has 0 saturated heterocycles. The maximum atomic E-state index is 13.3. The Morgan fingerprint density at radius 1 is 1.09 bits per heavy atom. The minimum absolute atomic E-state index is 0.00424. The summed E-state index contributed by atoms with van der Waals surface area (Å²) in [7, 11) is 7.36. The molecule has 2 aromatic rings. The van der Waals surface area contributed by atoms with E-state index in [1.807, 2.05) is 0 Å². The first-order chi connectivity index (χ1) is 15.7. The molecule has 0 radical (unpaired) electrons. The van der Waals surface area contributed by atoms with E-state index in [1.165, 1.54) is 39.0 Å². The Hall–Kier alpha value is -3.95. The summed E-state index contributed by atoms with van der Waals surface area (Å²) in [5.74, 6) is -0.143. The molecular formula is C23H27N3O7. The molecule has 0 spiro atoms. The molecule has 10 nitrogen and oxygen atoms in total. The Bertz CT molecular complexity index is 1250. The highest BCUT2D eigenvalue weighted by molar-refractivity contribution is 5.94. The second kappa shape index (κ2) is 9.27. The van der Waals surface area contributed by atoms with Crippen LogP contribution in [0.2, 0.25) is 0 Å². The number of benzene rings is 1. The largest absolute Gasteiger partial charge is 0.493 e. The summed E-state index contributed by atoms with van der Waals surface area (Å²) in [6, 6.07) is 3.33. The second-order valence-electron chi connectivity index (χ2n) is 7.41. The highest BCUT2D eigenvalue weighted by atomic mass is 16.5. The monoisotopic (exact) mass is 457 g/mol. The first-order valence-corrected chi connectivity index (χ1v) is 10.1. The first kappa shape index (κ1) is 23.7. The van der Waals surface area contributed by atoms with E-state index in [-0.39, 0.29) is 17.7 Å². The number of carbonyl (C=O) groups excluding carboxylic acids is 1. The van der Waals surface area contributed by atoms with Gasteiger partial charge in [-0.2, -0.15) is 0 Å². The van der Waals surface area contributed by atoms with Crippen LogP contribution in [0.1, 0.15) is 24.0 Å². The van der Waals surface area contributed by atoms with E-state index in [9.17, 15) is 14.4 Å². The van der Waals surface area contributed by atoms with Crippen LogP contribution in [0.4, 0.5) is 5.82 Å². The summed E-state index contributed by atoms with van der Waals surface area (Å²) in [5.41, 5.74) is 0.354. The van der Waals surface area contributed by atoms with Crippen molar-refractivity contribution >= 4 is 11.8 Å². The number of carbonyl (C=O) groups is 1. The number of hydrogen-bond acceptors (Lipinski definition) is 8. The van der Waals surface area contributed by atoms with Gasteiger partial charge in [0.2, 0.25) is 5.75 Å². The number of anilines is 1. The molecule has 1 aromatic carbocycles. The predicted octanol–water partition coefficient (Wildman–Crippen LogP) is 1.67. The zero-order valence-corrected chi connectivity index (χ0v) is 19.5. The van der Waals surface area contributed by atoms with E-state index in [0.29, 0.717) is 34.3 Å². The van der Waals surface area contributed by atoms with Crippen LogP contribution in [0.25, 0.3) is 0 Å². The van der Waals surface area contributed by atoms with E-state index >= 15 is 0 Å². The van der Waals surface area contributed by atoms with Gasteiger partial charge in [0.25, 0.3) is 5.56 Å². The van der Waals surface area contributed by atoms with Crippen LogP contribution < -0.4 is 30.8 Å². The zero-order chi connectivity index (χ0) is 24.4. The summed E-state index contributed by atoms with van der Waals surface area (Å²) < 4.78 is 24.0. The van der Waals surface area contributed by atoms with Crippen molar-refractivity contribution in [2.24, 2.45) is 14.1 Å². The lowest BCUT2D eigenvalue weighted by atomic mass is 9.82. The quantitative estimate of drug-likeness (QED) is 0.494. The van der Waals surface area contributed by atoms with Gasteiger partial charge >= 0.3 is 11.7 Å². The molecule has 2 heterocycles. The number of methoxy groups -OCH3 is 3. The summed E-state index contributed by atoms with van der Waals surface area (Å²) in [6.45, 7) is 5.25. The fourth-order valence-electron chi connectivity index (χ4n) is 3.97. The number of ether oxygens (including phenoxy) is 4. The van der Waals surface area contributed by atoms with E-state index in [4.69, 9.17) is 18.9 Å². The zero-order valence-electron chi connectivity index (χ0n) is 19.5. The Kier molecular flexibility index (Phi) is 6.66. The van der Waals surface area contributed by atoms with Gasteiger partial charge in [0.1, 0.15) is 12.4 Å². The van der Waals surface area contributed by atoms with Gasteiger partial charge in [-0.1, -0.05) is 12.7 Å². The fraction of sp³-hybridized carbons (Fsp3) is 0.348. The van der Waals surface area contributed by atoms with Gasteiger partial charge < -0.3 is 24.3 Å². The van der Waals surface area contributed by atoms with Gasteiger partial charge in [0, 0.05) is 19.8 Å². The van der Waals surface area contributed by atoms with Crippen LogP contribution in [0.15, 0.2) is 45.6 Å². The number of rotatable bonds is 7. The number of allylic oxidation sites excluding steroid dienone is 1. The van der Waals surface area contributed by atoms with Gasteiger partial charge in [-0.3, -0.25) is 13.9 Å². The molecule has 0 unspecified atom stereocenters. The van der Waals surface area contributed by atoms with Crippen molar-refractivity contribution in [2.45, 2.75) is 12.8 Å². The highest BCUT2D eigenvalue weighted by Gasteiger charge is 2.38. The molecule has 1 aliphatic rings. The molecule has 0 bridgehead atoms. The Labute approximate surface area is 190 Å². The van der Waals surface area contributed by atoms with Crippen LogP contribution in [0, 0.1) is 0 Å². The van der Waals surface area contributed by atoms with Gasteiger partial charge in [-0.05, 0) is 24.6 Å². The molecule has 33 heavy (non-hydrogen) atoms. The predicted molar refractivity (Wildman–Crippen MR) is 122 cm³/mol. The molecule has 10 heteroatoms. The lowest BCUT2D eigenvalue weighted by Gasteiger charge is -2.31. The minimum Gasteiger partial charge on any atom is -0.493 e. The molecule has 1 aliphatic heterocycles. The van der Waals surface area contributed by atoms with E-state index in [0.717, 1.165) is 4.57 Å². The third-order valence-corrected chi connectivity index (χ3v) is 5.56. The standard InChI is InChI=1S/C23H27N3O7/c1-8-9-33-22(28)16-12(2)24-20-18(21(27)26(4)23(29)25(20)3)17(16)13-10-14(30-5)19(32-7)15(11-13)31-6/h8,10-11,17,24H,1,9H2,2-7H3/t17-/m1/s1. The molecule has 0 fully saturated rings.